The lowest BCUT2D eigenvalue weighted by Gasteiger charge is -2.34. The molecule has 0 aromatic carbocycles. The molecule has 0 rings (SSSR count). The third-order valence-corrected chi connectivity index (χ3v) is 2.61. The molecule has 0 amide bonds. The van der Waals surface area contributed by atoms with Crippen molar-refractivity contribution >= 4 is 0 Å². The summed E-state index contributed by atoms with van der Waals surface area (Å²) in [6.07, 6.45) is 4.13. The van der Waals surface area contributed by atoms with Crippen molar-refractivity contribution in [2.45, 2.75) is 33.7 Å². The summed E-state index contributed by atoms with van der Waals surface area (Å²) in [5.41, 5.74) is 5.71. The van der Waals surface area contributed by atoms with Crippen LogP contribution >= 0.6 is 0 Å². The smallest absolute Gasteiger partial charge is 0.0163 e. The Morgan fingerprint density at radius 3 is 2.23 bits per heavy atom. The Kier molecular flexibility index (Phi) is 5.26. The van der Waals surface area contributed by atoms with Gasteiger partial charge in [-0.05, 0) is 19.4 Å². The molecular weight excluding hydrogens is 160 g/mol. The van der Waals surface area contributed by atoms with E-state index in [9.17, 15) is 0 Å². The molecule has 0 aliphatic heterocycles. The van der Waals surface area contributed by atoms with Gasteiger partial charge < -0.3 is 5.73 Å². The second kappa shape index (κ2) is 5.40. The zero-order chi connectivity index (χ0) is 10.5. The Bertz CT molecular complexity index is 156. The van der Waals surface area contributed by atoms with E-state index in [1.807, 2.05) is 6.08 Å². The fraction of sp³-hybridized carbons (Fsp3) is 0.818. The second-order valence-corrected chi connectivity index (χ2v) is 4.69. The van der Waals surface area contributed by atoms with Crippen LogP contribution < -0.4 is 5.73 Å². The molecule has 0 fully saturated rings. The number of rotatable bonds is 4. The zero-order valence-corrected chi connectivity index (χ0v) is 9.67. The Hall–Kier alpha value is -0.340. The molecule has 13 heavy (non-hydrogen) atoms. The van der Waals surface area contributed by atoms with Gasteiger partial charge in [-0.2, -0.15) is 0 Å². The highest BCUT2D eigenvalue weighted by Crippen LogP contribution is 2.22. The minimum absolute atomic E-state index is 0.339. The highest BCUT2D eigenvalue weighted by atomic mass is 15.1. The molecule has 0 aromatic rings. The van der Waals surface area contributed by atoms with Crippen molar-refractivity contribution in [1.29, 1.82) is 0 Å². The number of nitrogens with zero attached hydrogens (tertiary/aromatic N) is 1. The van der Waals surface area contributed by atoms with Crippen molar-refractivity contribution in [2.24, 2.45) is 11.1 Å². The average Bonchev–Trinajstić information content (AvgIpc) is 2.01. The molecule has 0 aliphatic rings. The number of hydrogen-bond donors (Lipinski definition) is 1. The molecule has 0 saturated heterocycles. The van der Waals surface area contributed by atoms with E-state index >= 15 is 0 Å². The van der Waals surface area contributed by atoms with Crippen LogP contribution in [0, 0.1) is 5.41 Å². The van der Waals surface area contributed by atoms with Gasteiger partial charge >= 0.3 is 0 Å². The maximum absolute atomic E-state index is 5.37. The lowest BCUT2D eigenvalue weighted by molar-refractivity contribution is 0.154. The van der Waals surface area contributed by atoms with E-state index < -0.39 is 0 Å². The first-order valence-corrected chi connectivity index (χ1v) is 4.95. The van der Waals surface area contributed by atoms with E-state index in [4.69, 9.17) is 5.73 Å². The molecule has 1 atom stereocenters. The first-order chi connectivity index (χ1) is 5.89. The largest absolute Gasteiger partial charge is 0.327 e. The summed E-state index contributed by atoms with van der Waals surface area (Å²) in [6.45, 7) is 10.7. The Morgan fingerprint density at radius 2 is 1.85 bits per heavy atom. The molecule has 0 bridgehead atoms. The van der Waals surface area contributed by atoms with Crippen LogP contribution in [-0.2, 0) is 0 Å². The molecule has 78 valence electrons. The van der Waals surface area contributed by atoms with Gasteiger partial charge in [-0.15, -0.1) is 0 Å². The highest BCUT2D eigenvalue weighted by Gasteiger charge is 2.22. The average molecular weight is 184 g/mol. The first kappa shape index (κ1) is 12.7. The lowest BCUT2D eigenvalue weighted by Crippen LogP contribution is -2.39. The molecule has 0 spiro atoms. The van der Waals surface area contributed by atoms with E-state index in [2.05, 4.69) is 45.7 Å². The van der Waals surface area contributed by atoms with Gasteiger partial charge in [0.2, 0.25) is 0 Å². The summed E-state index contributed by atoms with van der Waals surface area (Å²) < 4.78 is 0. The third-order valence-electron chi connectivity index (χ3n) is 2.61. The van der Waals surface area contributed by atoms with Gasteiger partial charge in [0.25, 0.3) is 0 Å². The van der Waals surface area contributed by atoms with E-state index in [-0.39, 0.29) is 0 Å². The maximum atomic E-state index is 5.37. The van der Waals surface area contributed by atoms with Crippen LogP contribution in [0.25, 0.3) is 0 Å². The number of hydrogen-bond acceptors (Lipinski definition) is 2. The lowest BCUT2D eigenvalue weighted by atomic mass is 9.87. The van der Waals surface area contributed by atoms with Gasteiger partial charge in [-0.1, -0.05) is 32.9 Å². The molecule has 2 nitrogen and oxygen atoms in total. The van der Waals surface area contributed by atoms with Gasteiger partial charge in [0.05, 0.1) is 0 Å². The van der Waals surface area contributed by atoms with Gasteiger partial charge in [-0.3, -0.25) is 4.90 Å². The first-order valence-electron chi connectivity index (χ1n) is 4.95. The fourth-order valence-electron chi connectivity index (χ4n) is 1.16. The van der Waals surface area contributed by atoms with Gasteiger partial charge in [0.1, 0.15) is 0 Å². The van der Waals surface area contributed by atoms with Crippen molar-refractivity contribution in [1.82, 2.24) is 4.90 Å². The van der Waals surface area contributed by atoms with Crippen molar-refractivity contribution < 1.29 is 0 Å². The van der Waals surface area contributed by atoms with E-state index in [0.717, 1.165) is 6.54 Å². The van der Waals surface area contributed by atoms with E-state index in [0.29, 0.717) is 18.0 Å². The van der Waals surface area contributed by atoms with Crippen molar-refractivity contribution in [3.63, 3.8) is 0 Å². The van der Waals surface area contributed by atoms with Crippen LogP contribution in [-0.4, -0.2) is 31.1 Å². The zero-order valence-electron chi connectivity index (χ0n) is 9.67. The van der Waals surface area contributed by atoms with Crippen LogP contribution in [0.5, 0.6) is 0 Å². The van der Waals surface area contributed by atoms with Crippen LogP contribution in [0.4, 0.5) is 0 Å². The molecule has 0 heterocycles. The number of nitrogens with two attached hydrogens (primary N) is 1. The summed E-state index contributed by atoms with van der Waals surface area (Å²) in [5, 5.41) is 0. The molecule has 2 N–H and O–H groups in total. The third kappa shape index (κ3) is 5.06. The van der Waals surface area contributed by atoms with Crippen molar-refractivity contribution in [3.8, 4) is 0 Å². The van der Waals surface area contributed by atoms with Crippen LogP contribution in [0.1, 0.15) is 27.7 Å². The highest BCUT2D eigenvalue weighted by molar-refractivity contribution is 4.88. The summed E-state index contributed by atoms with van der Waals surface area (Å²) >= 11 is 0. The van der Waals surface area contributed by atoms with Crippen LogP contribution in [0.2, 0.25) is 0 Å². The summed E-state index contributed by atoms with van der Waals surface area (Å²) in [4.78, 5) is 2.34. The molecule has 0 saturated carbocycles. The van der Waals surface area contributed by atoms with Gasteiger partial charge in [0, 0.05) is 19.1 Å². The monoisotopic (exact) mass is 184 g/mol. The van der Waals surface area contributed by atoms with Crippen LogP contribution in [0.15, 0.2) is 12.2 Å². The molecule has 0 aromatic heterocycles. The Labute approximate surface area is 82.8 Å². The molecule has 0 aliphatic carbocycles. The van der Waals surface area contributed by atoms with Gasteiger partial charge in [-0.25, -0.2) is 0 Å². The quantitative estimate of drug-likeness (QED) is 0.676. The van der Waals surface area contributed by atoms with Crippen molar-refractivity contribution in [2.75, 3.05) is 20.1 Å². The SMILES string of the molecule is CC(N(C)CC=CCN)C(C)(C)C. The summed E-state index contributed by atoms with van der Waals surface area (Å²) in [5.74, 6) is 0. The normalized spacial score (nSPS) is 15.6. The predicted molar refractivity (Wildman–Crippen MR) is 59.7 cm³/mol. The fourth-order valence-corrected chi connectivity index (χ4v) is 1.16. The second-order valence-electron chi connectivity index (χ2n) is 4.69. The van der Waals surface area contributed by atoms with Crippen molar-refractivity contribution in [3.05, 3.63) is 12.2 Å². The van der Waals surface area contributed by atoms with E-state index in [1.54, 1.807) is 0 Å². The minimum atomic E-state index is 0.339. The molecule has 2 heteroatoms. The topological polar surface area (TPSA) is 29.3 Å². The maximum Gasteiger partial charge on any atom is 0.0163 e. The van der Waals surface area contributed by atoms with Crippen LogP contribution in [0.3, 0.4) is 0 Å². The standard InChI is InChI=1S/C11H24N2/c1-10(11(2,3)4)13(5)9-7-6-8-12/h6-7,10H,8-9,12H2,1-5H3. The Balaban J connectivity index is 3.96. The summed E-state index contributed by atoms with van der Waals surface area (Å²) in [6, 6.07) is 0.579. The molecule has 0 radical (unpaired) electrons. The molecule has 1 unspecified atom stereocenters. The minimum Gasteiger partial charge on any atom is -0.327 e. The summed E-state index contributed by atoms with van der Waals surface area (Å²) in [7, 11) is 2.15. The van der Waals surface area contributed by atoms with E-state index in [1.165, 1.54) is 0 Å². The predicted octanol–water partition coefficient (Wildman–Crippen LogP) is 1.87. The molecular formula is C11H24N2. The Morgan fingerprint density at radius 1 is 1.31 bits per heavy atom. The number of likely N-dealkylation sites (N-methyl/N-ethyl adjacent to an activating group) is 1. The van der Waals surface area contributed by atoms with Gasteiger partial charge in [0.15, 0.2) is 0 Å².